The van der Waals surface area contributed by atoms with Gasteiger partial charge in [0.2, 0.25) is 11.8 Å². The number of carbonyl (C=O) groups excluding carboxylic acids is 3. The van der Waals surface area contributed by atoms with Crippen molar-refractivity contribution in [2.24, 2.45) is 5.92 Å². The van der Waals surface area contributed by atoms with E-state index in [0.717, 1.165) is 0 Å². The highest BCUT2D eigenvalue weighted by atomic mass is 19.1. The number of halogens is 1. The third kappa shape index (κ3) is 4.87. The molecule has 3 saturated heterocycles. The number of piperazine rings is 1. The number of likely N-dealkylation sites (tertiary alicyclic amines) is 1. The van der Waals surface area contributed by atoms with E-state index in [9.17, 15) is 18.8 Å². The Bertz CT molecular complexity index is 1170. The zero-order valence-electron chi connectivity index (χ0n) is 22.0. The molecule has 3 amide bonds. The van der Waals surface area contributed by atoms with Crippen LogP contribution >= 0.6 is 0 Å². The third-order valence-corrected chi connectivity index (χ3v) is 7.92. The minimum atomic E-state index is -0.935. The first kappa shape index (κ1) is 26.2. The highest BCUT2D eigenvalue weighted by Gasteiger charge is 2.55. The van der Waals surface area contributed by atoms with Crippen molar-refractivity contribution in [3.05, 3.63) is 66.0 Å². The Labute approximate surface area is 222 Å². The van der Waals surface area contributed by atoms with Crippen LogP contribution in [0.25, 0.3) is 0 Å². The lowest BCUT2D eigenvalue weighted by Gasteiger charge is -2.45. The van der Waals surface area contributed by atoms with Crippen molar-refractivity contribution in [2.75, 3.05) is 50.8 Å². The summed E-state index contributed by atoms with van der Waals surface area (Å²) >= 11 is 0. The van der Waals surface area contributed by atoms with E-state index < -0.39 is 11.8 Å². The molecule has 0 aliphatic carbocycles. The van der Waals surface area contributed by atoms with Gasteiger partial charge >= 0.3 is 0 Å². The number of anilines is 1. The highest BCUT2D eigenvalue weighted by Crippen LogP contribution is 2.39. The van der Waals surface area contributed by atoms with Crippen LogP contribution in [-0.2, 0) is 14.3 Å². The smallest absolute Gasteiger partial charge is 0.256 e. The van der Waals surface area contributed by atoms with Crippen molar-refractivity contribution in [3.63, 3.8) is 0 Å². The number of hydrogen-bond donors (Lipinski definition) is 0. The minimum Gasteiger partial charge on any atom is -0.366 e. The third-order valence-electron chi connectivity index (χ3n) is 7.92. The summed E-state index contributed by atoms with van der Waals surface area (Å²) in [6.07, 6.45) is 0.906. The molecule has 1 atom stereocenters. The van der Waals surface area contributed by atoms with E-state index in [2.05, 4.69) is 0 Å². The highest BCUT2D eigenvalue weighted by molar-refractivity contribution is 5.98. The number of piperidine rings is 1. The summed E-state index contributed by atoms with van der Waals surface area (Å²) in [7, 11) is 0. The second-order valence-corrected chi connectivity index (χ2v) is 10.6. The molecule has 0 saturated carbocycles. The molecule has 3 aliphatic rings. The van der Waals surface area contributed by atoms with E-state index in [1.807, 2.05) is 29.7 Å². The summed E-state index contributed by atoms with van der Waals surface area (Å²) in [5, 5.41) is 0. The number of benzene rings is 2. The Hall–Kier alpha value is -3.46. The molecule has 202 valence electrons. The van der Waals surface area contributed by atoms with Crippen LogP contribution in [0.1, 0.15) is 37.0 Å². The van der Waals surface area contributed by atoms with Crippen LogP contribution in [0.4, 0.5) is 10.1 Å². The monoisotopic (exact) mass is 522 g/mol. The molecule has 0 radical (unpaired) electrons. The van der Waals surface area contributed by atoms with Crippen LogP contribution in [0.3, 0.4) is 0 Å². The van der Waals surface area contributed by atoms with E-state index in [1.54, 1.807) is 52.3 Å². The lowest BCUT2D eigenvalue weighted by atomic mass is 9.95. The van der Waals surface area contributed by atoms with Crippen LogP contribution in [0, 0.1) is 11.7 Å². The molecule has 1 spiro atoms. The second-order valence-electron chi connectivity index (χ2n) is 10.6. The number of ether oxygens (including phenoxy) is 1. The van der Waals surface area contributed by atoms with Gasteiger partial charge in [-0.15, -0.1) is 0 Å². The molecule has 3 aliphatic heterocycles. The van der Waals surface area contributed by atoms with Gasteiger partial charge in [0.15, 0.2) is 0 Å². The second kappa shape index (κ2) is 10.7. The quantitative estimate of drug-likeness (QED) is 0.618. The number of rotatable bonds is 4. The summed E-state index contributed by atoms with van der Waals surface area (Å²) in [6, 6.07) is 14.9. The first-order chi connectivity index (χ1) is 18.3. The van der Waals surface area contributed by atoms with Gasteiger partial charge in [0.05, 0.1) is 12.3 Å². The maximum absolute atomic E-state index is 14.3. The fourth-order valence-electron chi connectivity index (χ4n) is 5.80. The summed E-state index contributed by atoms with van der Waals surface area (Å²) in [4.78, 5) is 47.5. The van der Waals surface area contributed by atoms with Gasteiger partial charge in [-0.3, -0.25) is 19.3 Å². The van der Waals surface area contributed by atoms with Gasteiger partial charge < -0.3 is 19.4 Å². The van der Waals surface area contributed by atoms with Gasteiger partial charge in [0.25, 0.3) is 5.91 Å². The average molecular weight is 523 g/mol. The Balaban J connectivity index is 1.34. The lowest BCUT2D eigenvalue weighted by molar-refractivity contribution is -0.147. The van der Waals surface area contributed by atoms with Gasteiger partial charge in [-0.1, -0.05) is 44.2 Å². The van der Waals surface area contributed by atoms with Crippen molar-refractivity contribution in [1.82, 2.24) is 14.7 Å². The number of amides is 3. The van der Waals surface area contributed by atoms with Crippen molar-refractivity contribution in [2.45, 2.75) is 38.5 Å². The first-order valence-corrected chi connectivity index (χ1v) is 13.4. The molecular formula is C29H35FN4O4. The lowest BCUT2D eigenvalue weighted by Crippen LogP contribution is -2.61. The summed E-state index contributed by atoms with van der Waals surface area (Å²) < 4.78 is 20.6. The Morgan fingerprint density at radius 2 is 1.50 bits per heavy atom. The van der Waals surface area contributed by atoms with Crippen molar-refractivity contribution in [1.29, 1.82) is 0 Å². The topological polar surface area (TPSA) is 73.4 Å². The predicted molar refractivity (Wildman–Crippen MR) is 141 cm³/mol. The van der Waals surface area contributed by atoms with Crippen molar-refractivity contribution >= 4 is 23.4 Å². The van der Waals surface area contributed by atoms with Crippen LogP contribution in [-0.4, -0.2) is 90.1 Å². The first-order valence-electron chi connectivity index (χ1n) is 13.4. The van der Waals surface area contributed by atoms with E-state index >= 15 is 0 Å². The normalized spacial score (nSPS) is 21.3. The molecule has 0 N–H and O–H groups in total. The van der Waals surface area contributed by atoms with Crippen LogP contribution in [0.15, 0.2) is 54.6 Å². The minimum absolute atomic E-state index is 0.0825. The van der Waals surface area contributed by atoms with Gasteiger partial charge in [-0.25, -0.2) is 4.39 Å². The van der Waals surface area contributed by atoms with Gasteiger partial charge in [-0.05, 0) is 24.3 Å². The molecule has 5 rings (SSSR count). The standard InChI is InChI=1S/C29H35FN4O4/c1-21(2)26(35)32-14-12-29(13-15-32)34(27(36)22-8-4-3-5-9-22)25(20-38-29)28(37)33-18-16-31(17-19-33)24-11-7-6-10-23(24)30/h3-11,21,25H,12-20H2,1-2H3. The molecule has 8 nitrogen and oxygen atoms in total. The number of nitrogens with zero attached hydrogens (tertiary/aromatic N) is 4. The van der Waals surface area contributed by atoms with Gasteiger partial charge in [-0.2, -0.15) is 0 Å². The molecular weight excluding hydrogens is 487 g/mol. The maximum Gasteiger partial charge on any atom is 0.256 e. The molecule has 1 unspecified atom stereocenters. The summed E-state index contributed by atoms with van der Waals surface area (Å²) in [6.45, 7) is 6.68. The SMILES string of the molecule is CC(C)C(=O)N1CCC2(CC1)OCC(C(=O)N1CCN(c3ccccc3F)CC1)N2C(=O)c1ccccc1. The number of carbonyl (C=O) groups is 3. The predicted octanol–water partition coefficient (Wildman–Crippen LogP) is 2.99. The van der Waals surface area contributed by atoms with Gasteiger partial charge in [0.1, 0.15) is 17.6 Å². The Kier molecular flexibility index (Phi) is 7.38. The largest absolute Gasteiger partial charge is 0.366 e. The fraction of sp³-hybridized carbons (Fsp3) is 0.483. The zero-order chi connectivity index (χ0) is 26.9. The van der Waals surface area contributed by atoms with E-state index in [4.69, 9.17) is 4.74 Å². The zero-order valence-corrected chi connectivity index (χ0v) is 22.0. The average Bonchev–Trinajstić information content (AvgIpc) is 3.31. The van der Waals surface area contributed by atoms with Crippen LogP contribution < -0.4 is 4.90 Å². The molecule has 9 heteroatoms. The molecule has 0 aromatic heterocycles. The number of hydrogen-bond acceptors (Lipinski definition) is 5. The maximum atomic E-state index is 14.3. The Morgan fingerprint density at radius 3 is 2.13 bits per heavy atom. The molecule has 3 fully saturated rings. The van der Waals surface area contributed by atoms with E-state index in [0.29, 0.717) is 63.4 Å². The van der Waals surface area contributed by atoms with Gasteiger partial charge in [0, 0.05) is 63.6 Å². The molecule has 2 aromatic carbocycles. The molecule has 38 heavy (non-hydrogen) atoms. The fourth-order valence-corrected chi connectivity index (χ4v) is 5.80. The van der Waals surface area contributed by atoms with Crippen molar-refractivity contribution in [3.8, 4) is 0 Å². The Morgan fingerprint density at radius 1 is 0.868 bits per heavy atom. The van der Waals surface area contributed by atoms with E-state index in [1.165, 1.54) is 6.07 Å². The van der Waals surface area contributed by atoms with Crippen molar-refractivity contribution < 1.29 is 23.5 Å². The summed E-state index contributed by atoms with van der Waals surface area (Å²) in [5.74, 6) is -0.692. The van der Waals surface area contributed by atoms with E-state index in [-0.39, 0.29) is 36.1 Å². The summed E-state index contributed by atoms with van der Waals surface area (Å²) in [5.41, 5.74) is 0.0993. The molecule has 0 bridgehead atoms. The molecule has 2 aromatic rings. The molecule has 3 heterocycles. The van der Waals surface area contributed by atoms with Crippen LogP contribution in [0.5, 0.6) is 0 Å². The van der Waals surface area contributed by atoms with Crippen LogP contribution in [0.2, 0.25) is 0 Å². The number of para-hydroxylation sites is 1.